The predicted molar refractivity (Wildman–Crippen MR) is 97.0 cm³/mol. The monoisotopic (exact) mass is 434 g/mol. The fourth-order valence-electron chi connectivity index (χ4n) is 4.41. The highest BCUT2D eigenvalue weighted by atomic mass is 32.3. The van der Waals surface area contributed by atoms with E-state index in [0.717, 1.165) is 32.5 Å². The number of urea groups is 1. The molecule has 0 aromatic heterocycles. The van der Waals surface area contributed by atoms with Gasteiger partial charge in [-0.15, -0.1) is 4.28 Å². The first-order valence-electron chi connectivity index (χ1n) is 9.74. The first-order valence-corrected chi connectivity index (χ1v) is 11.1. The van der Waals surface area contributed by atoms with Gasteiger partial charge >= 0.3 is 16.4 Å². The average Bonchev–Trinajstić information content (AvgIpc) is 3.39. The molecule has 13 nitrogen and oxygen atoms in total. The molecule has 0 aromatic rings. The number of rotatable bonds is 7. The van der Waals surface area contributed by atoms with Crippen LogP contribution in [0.2, 0.25) is 0 Å². The maximum absolute atomic E-state index is 12.5. The van der Waals surface area contributed by atoms with Crippen molar-refractivity contribution in [1.29, 1.82) is 0 Å². The molecule has 4 fully saturated rings. The number of hydroxylamine groups is 3. The first kappa shape index (κ1) is 20.7. The number of carbonyl (C=O) groups excluding carboxylic acids is 2. The summed E-state index contributed by atoms with van der Waals surface area (Å²) in [4.78, 5) is 31.4. The van der Waals surface area contributed by atoms with E-state index in [0.29, 0.717) is 30.6 Å². The Morgan fingerprint density at radius 2 is 2.14 bits per heavy atom. The molecule has 4 atom stereocenters. The van der Waals surface area contributed by atoms with Gasteiger partial charge in [-0.1, -0.05) is 0 Å². The van der Waals surface area contributed by atoms with Crippen molar-refractivity contribution in [3.63, 3.8) is 0 Å². The van der Waals surface area contributed by atoms with Crippen molar-refractivity contribution in [3.05, 3.63) is 0 Å². The van der Waals surface area contributed by atoms with E-state index in [1.54, 1.807) is 0 Å². The van der Waals surface area contributed by atoms with Crippen molar-refractivity contribution in [1.82, 2.24) is 31.2 Å². The van der Waals surface area contributed by atoms with Crippen LogP contribution in [0.5, 0.6) is 0 Å². The molecule has 164 valence electrons. The van der Waals surface area contributed by atoms with Gasteiger partial charge in [0, 0.05) is 38.3 Å². The zero-order valence-corrected chi connectivity index (χ0v) is 16.6. The Morgan fingerprint density at radius 1 is 1.31 bits per heavy atom. The third-order valence-corrected chi connectivity index (χ3v) is 6.14. The van der Waals surface area contributed by atoms with E-state index in [2.05, 4.69) is 25.5 Å². The van der Waals surface area contributed by atoms with Crippen LogP contribution in [0.1, 0.15) is 25.7 Å². The Hall–Kier alpha value is -1.55. The van der Waals surface area contributed by atoms with Gasteiger partial charge in [0.05, 0.1) is 12.6 Å². The van der Waals surface area contributed by atoms with E-state index in [1.165, 1.54) is 4.90 Å². The highest BCUT2D eigenvalue weighted by Gasteiger charge is 2.49. The molecule has 2 bridgehead atoms. The minimum Gasteiger partial charge on any atom is -0.310 e. The van der Waals surface area contributed by atoms with E-state index in [-0.39, 0.29) is 12.6 Å². The maximum atomic E-state index is 12.5. The number of amides is 3. The second kappa shape index (κ2) is 8.29. The summed E-state index contributed by atoms with van der Waals surface area (Å²) in [5, 5.41) is 6.22. The molecule has 3 amide bonds. The number of carbonyl (C=O) groups is 2. The number of nitrogens with zero attached hydrogens (tertiary/aromatic N) is 3. The summed E-state index contributed by atoms with van der Waals surface area (Å²) in [6.07, 6.45) is 2.74. The van der Waals surface area contributed by atoms with Crippen molar-refractivity contribution in [3.8, 4) is 0 Å². The largest absolute Gasteiger partial charge is 0.418 e. The molecule has 4 aliphatic heterocycles. The van der Waals surface area contributed by atoms with Crippen LogP contribution in [0.25, 0.3) is 0 Å². The Balaban J connectivity index is 1.23. The molecule has 4 rings (SSSR count). The first-order chi connectivity index (χ1) is 13.8. The van der Waals surface area contributed by atoms with Crippen molar-refractivity contribution in [2.75, 3.05) is 32.8 Å². The average molecular weight is 434 g/mol. The molecule has 0 unspecified atom stereocenters. The lowest BCUT2D eigenvalue weighted by Gasteiger charge is -2.29. The molecule has 0 aromatic carbocycles. The van der Waals surface area contributed by atoms with Gasteiger partial charge < -0.3 is 10.2 Å². The van der Waals surface area contributed by atoms with Crippen LogP contribution in [0.3, 0.4) is 0 Å². The fourth-order valence-corrected chi connectivity index (χ4v) is 4.80. The van der Waals surface area contributed by atoms with Crippen LogP contribution in [0, 0.1) is 0 Å². The van der Waals surface area contributed by atoms with Gasteiger partial charge in [-0.05, 0) is 25.7 Å². The van der Waals surface area contributed by atoms with Gasteiger partial charge in [-0.2, -0.15) is 13.5 Å². The van der Waals surface area contributed by atoms with Crippen molar-refractivity contribution >= 4 is 22.3 Å². The smallest absolute Gasteiger partial charge is 0.310 e. The second-order valence-corrected chi connectivity index (χ2v) is 8.74. The molecule has 14 heteroatoms. The summed E-state index contributed by atoms with van der Waals surface area (Å²) in [5.74, 6) is -0.471. The summed E-state index contributed by atoms with van der Waals surface area (Å²) in [7, 11) is -4.81. The Labute approximate surface area is 168 Å². The third kappa shape index (κ3) is 4.63. The molecule has 0 aliphatic carbocycles. The van der Waals surface area contributed by atoms with Gasteiger partial charge in [0.2, 0.25) is 0 Å². The number of hydrogen-bond donors (Lipinski definition) is 4. The molecule has 4 saturated heterocycles. The van der Waals surface area contributed by atoms with Gasteiger partial charge in [0.25, 0.3) is 5.91 Å². The van der Waals surface area contributed by atoms with Gasteiger partial charge in [0.1, 0.15) is 6.04 Å². The summed E-state index contributed by atoms with van der Waals surface area (Å²) < 4.78 is 35.0. The van der Waals surface area contributed by atoms with Crippen LogP contribution >= 0.6 is 0 Å². The number of fused-ring (bicyclic) bond motifs is 2. The molecule has 0 spiro atoms. The normalized spacial score (nSPS) is 32.9. The zero-order valence-electron chi connectivity index (χ0n) is 15.8. The lowest BCUT2D eigenvalue weighted by atomic mass is 10.0. The Bertz CT molecular complexity index is 745. The summed E-state index contributed by atoms with van der Waals surface area (Å²) >= 11 is 0. The maximum Gasteiger partial charge on any atom is 0.418 e. The molecule has 29 heavy (non-hydrogen) atoms. The van der Waals surface area contributed by atoms with Crippen LogP contribution in [-0.2, 0) is 24.3 Å². The van der Waals surface area contributed by atoms with Gasteiger partial charge in [-0.25, -0.2) is 15.3 Å². The van der Waals surface area contributed by atoms with E-state index in [9.17, 15) is 18.0 Å². The van der Waals surface area contributed by atoms with E-state index in [4.69, 9.17) is 9.39 Å². The van der Waals surface area contributed by atoms with E-state index in [1.807, 2.05) is 0 Å². The highest BCUT2D eigenvalue weighted by molar-refractivity contribution is 7.80. The second-order valence-electron chi connectivity index (χ2n) is 7.74. The fraction of sp³-hybridized carbons (Fsp3) is 0.867. The minimum absolute atomic E-state index is 0.116. The molecule has 4 heterocycles. The molecule has 0 radical (unpaired) electrons. The molecular formula is C15H26N6O7S. The van der Waals surface area contributed by atoms with Gasteiger partial charge in [-0.3, -0.25) is 19.6 Å². The summed E-state index contributed by atoms with van der Waals surface area (Å²) in [6.45, 7) is 3.32. The number of piperidine rings is 1. The SMILES string of the molecule is O=C(NOC[C@@H]1C[C@@H](N2CCCN2)CN1)[C@@H]1CC[C@@H]2CN1C(=O)N2OS(=O)(=O)O. The number of nitrogens with one attached hydrogen (secondary N) is 3. The van der Waals surface area contributed by atoms with E-state index < -0.39 is 34.4 Å². The quantitative estimate of drug-likeness (QED) is 0.261. The third-order valence-electron chi connectivity index (χ3n) is 5.79. The molecule has 4 N–H and O–H groups in total. The summed E-state index contributed by atoms with van der Waals surface area (Å²) in [5.41, 5.74) is 5.75. The van der Waals surface area contributed by atoms with Crippen LogP contribution in [-0.4, -0.2) is 96.8 Å². The predicted octanol–water partition coefficient (Wildman–Crippen LogP) is -2.02. The highest BCUT2D eigenvalue weighted by Crippen LogP contribution is 2.30. The Morgan fingerprint density at radius 3 is 2.86 bits per heavy atom. The van der Waals surface area contributed by atoms with Crippen LogP contribution < -0.4 is 16.2 Å². The zero-order chi connectivity index (χ0) is 20.6. The van der Waals surface area contributed by atoms with Crippen molar-refractivity contribution in [2.45, 2.75) is 49.9 Å². The van der Waals surface area contributed by atoms with Crippen LogP contribution in [0.4, 0.5) is 4.79 Å². The van der Waals surface area contributed by atoms with Crippen molar-refractivity contribution in [2.24, 2.45) is 0 Å². The molecule has 4 aliphatic rings. The van der Waals surface area contributed by atoms with Crippen LogP contribution in [0.15, 0.2) is 0 Å². The van der Waals surface area contributed by atoms with Gasteiger partial charge in [0.15, 0.2) is 0 Å². The number of hydrazine groups is 1. The van der Waals surface area contributed by atoms with Crippen molar-refractivity contribution < 1.29 is 31.7 Å². The number of hydrogen-bond acceptors (Lipinski definition) is 9. The molecule has 0 saturated carbocycles. The Kier molecular flexibility index (Phi) is 5.92. The minimum atomic E-state index is -4.81. The lowest BCUT2D eigenvalue weighted by molar-refractivity contribution is -0.139. The topological polar surface area (TPSA) is 153 Å². The van der Waals surface area contributed by atoms with E-state index >= 15 is 0 Å². The summed E-state index contributed by atoms with van der Waals surface area (Å²) in [6, 6.07) is -1.58. The standard InChI is InChI=1S/C15H26N6O7S/c22-14(18-27-9-10-6-12(7-16-10)20-5-1-4-17-20)13-3-2-11-8-19(13)15(23)21(11)28-29(24,25)26/h10-13,16-17H,1-9H2,(H,18,22)(H,24,25,26)/t10-,11+,12+,13-/m0/s1. The lowest BCUT2D eigenvalue weighted by Crippen LogP contribution is -2.50. The molecular weight excluding hydrogens is 408 g/mol.